The number of benzene rings is 2. The number of sulfonamides is 1. The van der Waals surface area contributed by atoms with Crippen LogP contribution in [0.1, 0.15) is 6.92 Å². The molecule has 0 N–H and O–H groups in total. The molecule has 0 saturated heterocycles. The Morgan fingerprint density at radius 1 is 1.04 bits per heavy atom. The summed E-state index contributed by atoms with van der Waals surface area (Å²) >= 11 is 0. The molecule has 2 rings (SSSR count). The summed E-state index contributed by atoms with van der Waals surface area (Å²) in [7, 11) is -2.10. The third-order valence-electron chi connectivity index (χ3n) is 3.43. The summed E-state index contributed by atoms with van der Waals surface area (Å²) in [5.41, 5.74) is 0.583. The highest BCUT2D eigenvalue weighted by Gasteiger charge is 2.23. The molecule has 128 valence electrons. The second-order valence-corrected chi connectivity index (χ2v) is 6.80. The van der Waals surface area contributed by atoms with E-state index < -0.39 is 10.0 Å². The Morgan fingerprint density at radius 2 is 1.62 bits per heavy atom. The van der Waals surface area contributed by atoms with Crippen molar-refractivity contribution in [1.82, 2.24) is 0 Å². The predicted octanol–water partition coefficient (Wildman–Crippen LogP) is 3.48. The SMILES string of the molecule is C=CCOc1ccc(N(CC)S(=O)(=O)c2ccc(OC)cc2)cc1. The van der Waals surface area contributed by atoms with Crippen molar-refractivity contribution in [3.05, 3.63) is 61.2 Å². The smallest absolute Gasteiger partial charge is 0.264 e. The van der Waals surface area contributed by atoms with Crippen LogP contribution < -0.4 is 13.8 Å². The van der Waals surface area contributed by atoms with Crippen LogP contribution in [0.2, 0.25) is 0 Å². The maximum Gasteiger partial charge on any atom is 0.264 e. The number of nitrogens with zero attached hydrogens (tertiary/aromatic N) is 1. The Morgan fingerprint density at radius 3 is 2.12 bits per heavy atom. The van der Waals surface area contributed by atoms with Gasteiger partial charge in [-0.15, -0.1) is 0 Å². The first-order chi connectivity index (χ1) is 11.5. The summed E-state index contributed by atoms with van der Waals surface area (Å²) in [6.45, 7) is 6.11. The number of ether oxygens (including phenoxy) is 2. The molecule has 2 aromatic carbocycles. The first-order valence-electron chi connectivity index (χ1n) is 7.53. The average Bonchev–Trinajstić information content (AvgIpc) is 2.61. The minimum absolute atomic E-state index is 0.220. The summed E-state index contributed by atoms with van der Waals surface area (Å²) < 4.78 is 37.6. The van der Waals surface area contributed by atoms with Gasteiger partial charge in [0.1, 0.15) is 18.1 Å². The third kappa shape index (κ3) is 3.89. The van der Waals surface area contributed by atoms with E-state index in [4.69, 9.17) is 9.47 Å². The Kier molecular flexibility index (Phi) is 5.87. The molecule has 0 aromatic heterocycles. The van der Waals surface area contributed by atoms with E-state index in [1.54, 1.807) is 61.5 Å². The fraction of sp³-hybridized carbons (Fsp3) is 0.222. The summed E-state index contributed by atoms with van der Waals surface area (Å²) in [4.78, 5) is 0.220. The average molecular weight is 347 g/mol. The van der Waals surface area contributed by atoms with Crippen molar-refractivity contribution in [3.63, 3.8) is 0 Å². The highest BCUT2D eigenvalue weighted by atomic mass is 32.2. The fourth-order valence-corrected chi connectivity index (χ4v) is 3.70. The van der Waals surface area contributed by atoms with Gasteiger partial charge in [0.2, 0.25) is 0 Å². The number of methoxy groups -OCH3 is 1. The molecule has 0 heterocycles. The topological polar surface area (TPSA) is 55.8 Å². The lowest BCUT2D eigenvalue weighted by molar-refractivity contribution is 0.363. The van der Waals surface area contributed by atoms with Gasteiger partial charge >= 0.3 is 0 Å². The van der Waals surface area contributed by atoms with E-state index in [1.807, 2.05) is 0 Å². The van der Waals surface area contributed by atoms with E-state index in [0.29, 0.717) is 30.3 Å². The normalized spacial score (nSPS) is 10.9. The van der Waals surface area contributed by atoms with Crippen LogP contribution in [0.3, 0.4) is 0 Å². The summed E-state index contributed by atoms with van der Waals surface area (Å²) in [5, 5.41) is 0. The highest BCUT2D eigenvalue weighted by Crippen LogP contribution is 2.26. The number of anilines is 1. The molecule has 0 unspecified atom stereocenters. The monoisotopic (exact) mass is 347 g/mol. The van der Waals surface area contributed by atoms with E-state index >= 15 is 0 Å². The maximum atomic E-state index is 12.9. The van der Waals surface area contributed by atoms with E-state index in [0.717, 1.165) is 0 Å². The minimum Gasteiger partial charge on any atom is -0.497 e. The van der Waals surface area contributed by atoms with Crippen LogP contribution in [0, 0.1) is 0 Å². The van der Waals surface area contributed by atoms with Crippen LogP contribution in [0.5, 0.6) is 11.5 Å². The molecule has 0 radical (unpaired) electrons. The van der Waals surface area contributed by atoms with Gasteiger partial charge in [-0.2, -0.15) is 0 Å². The summed E-state index contributed by atoms with van der Waals surface area (Å²) in [5.74, 6) is 1.28. The van der Waals surface area contributed by atoms with Gasteiger partial charge in [0.05, 0.1) is 17.7 Å². The molecule has 2 aromatic rings. The van der Waals surface area contributed by atoms with Gasteiger partial charge in [0.25, 0.3) is 10.0 Å². The Hall–Kier alpha value is -2.47. The van der Waals surface area contributed by atoms with Crippen LogP contribution in [-0.2, 0) is 10.0 Å². The van der Waals surface area contributed by atoms with Crippen molar-refractivity contribution in [3.8, 4) is 11.5 Å². The van der Waals surface area contributed by atoms with E-state index in [2.05, 4.69) is 6.58 Å². The molecule has 0 bridgehead atoms. The zero-order chi connectivity index (χ0) is 17.6. The molecule has 0 aliphatic carbocycles. The summed E-state index contributed by atoms with van der Waals surface area (Å²) in [6, 6.07) is 13.3. The number of hydrogen-bond acceptors (Lipinski definition) is 4. The molecule has 0 spiro atoms. The predicted molar refractivity (Wildman–Crippen MR) is 95.3 cm³/mol. The molecule has 0 atom stereocenters. The van der Waals surface area contributed by atoms with E-state index in [1.165, 1.54) is 11.4 Å². The molecule has 5 nitrogen and oxygen atoms in total. The Balaban J connectivity index is 2.29. The van der Waals surface area contributed by atoms with Crippen LogP contribution in [0.25, 0.3) is 0 Å². The molecule has 0 saturated carbocycles. The number of rotatable bonds is 8. The minimum atomic E-state index is -3.64. The molecule has 0 amide bonds. The molecular weight excluding hydrogens is 326 g/mol. The van der Waals surface area contributed by atoms with Crippen LogP contribution >= 0.6 is 0 Å². The summed E-state index contributed by atoms with van der Waals surface area (Å²) in [6.07, 6.45) is 1.65. The number of hydrogen-bond donors (Lipinski definition) is 0. The van der Waals surface area contributed by atoms with Gasteiger partial charge in [-0.1, -0.05) is 12.7 Å². The van der Waals surface area contributed by atoms with Gasteiger partial charge in [-0.05, 0) is 55.5 Å². The molecule has 6 heteroatoms. The van der Waals surface area contributed by atoms with Gasteiger partial charge in [-0.25, -0.2) is 8.42 Å². The first kappa shape index (κ1) is 17.9. The van der Waals surface area contributed by atoms with Crippen molar-refractivity contribution < 1.29 is 17.9 Å². The fourth-order valence-electron chi connectivity index (χ4n) is 2.23. The zero-order valence-electron chi connectivity index (χ0n) is 13.8. The van der Waals surface area contributed by atoms with Crippen molar-refractivity contribution in [2.75, 3.05) is 24.6 Å². The third-order valence-corrected chi connectivity index (χ3v) is 5.34. The Labute approximate surface area is 143 Å². The van der Waals surface area contributed by atoms with Gasteiger partial charge in [0.15, 0.2) is 0 Å². The molecular formula is C18H21NO4S. The van der Waals surface area contributed by atoms with Crippen LogP contribution in [0.15, 0.2) is 66.1 Å². The lowest BCUT2D eigenvalue weighted by Crippen LogP contribution is -2.30. The van der Waals surface area contributed by atoms with E-state index in [9.17, 15) is 8.42 Å². The molecule has 0 fully saturated rings. The van der Waals surface area contributed by atoms with Crippen molar-refractivity contribution >= 4 is 15.7 Å². The molecule has 0 aliphatic rings. The molecule has 24 heavy (non-hydrogen) atoms. The first-order valence-corrected chi connectivity index (χ1v) is 8.97. The second kappa shape index (κ2) is 7.88. The quantitative estimate of drug-likeness (QED) is 0.686. The van der Waals surface area contributed by atoms with Gasteiger partial charge < -0.3 is 9.47 Å². The lowest BCUT2D eigenvalue weighted by Gasteiger charge is -2.23. The van der Waals surface area contributed by atoms with Gasteiger partial charge in [0, 0.05) is 6.54 Å². The largest absolute Gasteiger partial charge is 0.497 e. The van der Waals surface area contributed by atoms with Crippen molar-refractivity contribution in [2.24, 2.45) is 0 Å². The standard InChI is InChI=1S/C18H21NO4S/c1-4-14-23-17-8-6-15(7-9-17)19(5-2)24(20,21)18-12-10-16(22-3)11-13-18/h4,6-13H,1,5,14H2,2-3H3. The Bertz CT molecular complexity index is 768. The zero-order valence-corrected chi connectivity index (χ0v) is 14.6. The van der Waals surface area contributed by atoms with Crippen LogP contribution in [0.4, 0.5) is 5.69 Å². The van der Waals surface area contributed by atoms with Gasteiger partial charge in [-0.3, -0.25) is 4.31 Å². The maximum absolute atomic E-state index is 12.9. The van der Waals surface area contributed by atoms with Crippen molar-refractivity contribution in [2.45, 2.75) is 11.8 Å². The van der Waals surface area contributed by atoms with Crippen LogP contribution in [-0.4, -0.2) is 28.7 Å². The second-order valence-electron chi connectivity index (χ2n) is 4.94. The highest BCUT2D eigenvalue weighted by molar-refractivity contribution is 7.92. The van der Waals surface area contributed by atoms with Crippen molar-refractivity contribution in [1.29, 1.82) is 0 Å². The molecule has 0 aliphatic heterocycles. The van der Waals surface area contributed by atoms with E-state index in [-0.39, 0.29) is 4.90 Å². The lowest BCUT2D eigenvalue weighted by atomic mass is 10.3.